The maximum atomic E-state index is 3.47. The van der Waals surface area contributed by atoms with Crippen LogP contribution in [0.25, 0.3) is 0 Å². The number of nitrogens with one attached hydrogen (secondary N) is 1. The highest BCUT2D eigenvalue weighted by atomic mass is 15.2. The van der Waals surface area contributed by atoms with Crippen LogP contribution in [0.1, 0.15) is 46.5 Å². The smallest absolute Gasteiger partial charge is 0.00697 e. The van der Waals surface area contributed by atoms with Crippen LogP contribution in [0.4, 0.5) is 0 Å². The van der Waals surface area contributed by atoms with Crippen LogP contribution in [0.5, 0.6) is 0 Å². The van der Waals surface area contributed by atoms with Gasteiger partial charge in [-0.3, -0.25) is 0 Å². The molecule has 100 valence electrons. The van der Waals surface area contributed by atoms with Crippen LogP contribution < -0.4 is 5.32 Å². The molecule has 1 N–H and O–H groups in total. The molecular formula is C15H30N2. The van der Waals surface area contributed by atoms with Gasteiger partial charge < -0.3 is 10.2 Å². The molecule has 2 saturated heterocycles. The van der Waals surface area contributed by atoms with Gasteiger partial charge in [0.2, 0.25) is 0 Å². The van der Waals surface area contributed by atoms with Crippen molar-refractivity contribution in [3.8, 4) is 0 Å². The third kappa shape index (κ3) is 3.69. The summed E-state index contributed by atoms with van der Waals surface area (Å²) in [4.78, 5) is 2.76. The van der Waals surface area contributed by atoms with Gasteiger partial charge in [-0.1, -0.05) is 13.8 Å². The molecule has 2 aliphatic heterocycles. The van der Waals surface area contributed by atoms with Gasteiger partial charge >= 0.3 is 0 Å². The number of rotatable bonds is 3. The van der Waals surface area contributed by atoms with Crippen molar-refractivity contribution in [2.24, 2.45) is 17.8 Å². The van der Waals surface area contributed by atoms with E-state index in [0.717, 1.165) is 23.8 Å². The topological polar surface area (TPSA) is 15.3 Å². The van der Waals surface area contributed by atoms with E-state index in [9.17, 15) is 0 Å². The van der Waals surface area contributed by atoms with E-state index >= 15 is 0 Å². The van der Waals surface area contributed by atoms with Crippen LogP contribution in [0, 0.1) is 17.8 Å². The molecular weight excluding hydrogens is 208 g/mol. The van der Waals surface area contributed by atoms with E-state index in [2.05, 4.69) is 31.0 Å². The number of piperidine rings is 2. The van der Waals surface area contributed by atoms with Crippen LogP contribution in [0.2, 0.25) is 0 Å². The van der Waals surface area contributed by atoms with Crippen LogP contribution in [0.15, 0.2) is 0 Å². The quantitative estimate of drug-likeness (QED) is 0.813. The fourth-order valence-electron chi connectivity index (χ4n) is 3.53. The molecule has 2 atom stereocenters. The second-order valence-corrected chi connectivity index (χ2v) is 6.57. The minimum Gasteiger partial charge on any atom is -0.317 e. The van der Waals surface area contributed by atoms with Crippen molar-refractivity contribution in [2.45, 2.75) is 52.5 Å². The summed E-state index contributed by atoms with van der Waals surface area (Å²) >= 11 is 0. The summed E-state index contributed by atoms with van der Waals surface area (Å²) in [5, 5.41) is 3.47. The lowest BCUT2D eigenvalue weighted by Gasteiger charge is -2.41. The molecule has 2 aliphatic rings. The first-order valence-corrected chi connectivity index (χ1v) is 7.61. The molecule has 0 aromatic heterocycles. The average Bonchev–Trinajstić information content (AvgIpc) is 2.33. The molecule has 0 saturated carbocycles. The Morgan fingerprint density at radius 2 is 1.88 bits per heavy atom. The van der Waals surface area contributed by atoms with Gasteiger partial charge in [0.25, 0.3) is 0 Å². The molecule has 1 unspecified atom stereocenters. The highest BCUT2D eigenvalue weighted by Crippen LogP contribution is 2.29. The zero-order valence-electron chi connectivity index (χ0n) is 11.9. The van der Waals surface area contributed by atoms with Crippen LogP contribution >= 0.6 is 0 Å². The molecule has 0 aromatic carbocycles. The second kappa shape index (κ2) is 6.19. The molecule has 2 heteroatoms. The van der Waals surface area contributed by atoms with E-state index < -0.39 is 0 Å². The Hall–Kier alpha value is -0.0800. The molecule has 2 rings (SSSR count). The van der Waals surface area contributed by atoms with Crippen LogP contribution in [0.3, 0.4) is 0 Å². The van der Waals surface area contributed by atoms with E-state index in [1.54, 1.807) is 0 Å². The largest absolute Gasteiger partial charge is 0.317 e. The molecule has 0 amide bonds. The first-order chi connectivity index (χ1) is 8.16. The van der Waals surface area contributed by atoms with Gasteiger partial charge in [-0.05, 0) is 70.0 Å². The molecule has 0 radical (unpaired) electrons. The average molecular weight is 238 g/mol. The van der Waals surface area contributed by atoms with E-state index in [1.807, 2.05) is 0 Å². The summed E-state index contributed by atoms with van der Waals surface area (Å²) in [5.41, 5.74) is 0. The fourth-order valence-corrected chi connectivity index (χ4v) is 3.53. The Morgan fingerprint density at radius 3 is 2.47 bits per heavy atom. The van der Waals surface area contributed by atoms with Crippen LogP contribution in [-0.4, -0.2) is 37.1 Å². The van der Waals surface area contributed by atoms with Gasteiger partial charge in [0, 0.05) is 12.6 Å². The lowest BCUT2D eigenvalue weighted by Crippen LogP contribution is -2.45. The summed E-state index contributed by atoms with van der Waals surface area (Å²) in [7, 11) is 0. The summed E-state index contributed by atoms with van der Waals surface area (Å²) in [6.45, 7) is 12.4. The molecule has 0 bridgehead atoms. The van der Waals surface area contributed by atoms with Gasteiger partial charge in [-0.15, -0.1) is 0 Å². The number of likely N-dealkylation sites (tertiary alicyclic amines) is 1. The molecule has 2 fully saturated rings. The van der Waals surface area contributed by atoms with Crippen molar-refractivity contribution in [2.75, 3.05) is 26.2 Å². The van der Waals surface area contributed by atoms with Gasteiger partial charge in [-0.25, -0.2) is 0 Å². The highest BCUT2D eigenvalue weighted by molar-refractivity contribution is 4.82. The highest BCUT2D eigenvalue weighted by Gasteiger charge is 2.28. The summed E-state index contributed by atoms with van der Waals surface area (Å²) in [5.74, 6) is 2.79. The zero-order chi connectivity index (χ0) is 12.3. The third-order valence-corrected chi connectivity index (χ3v) is 4.95. The standard InChI is InChI=1S/C15H30N2/c1-12(2)15-6-9-17(13(3)10-15)11-14-4-7-16-8-5-14/h12-16H,4-11H2,1-3H3/t13-,15?/m0/s1. The van der Waals surface area contributed by atoms with Gasteiger partial charge in [-0.2, -0.15) is 0 Å². The van der Waals surface area contributed by atoms with Crippen molar-refractivity contribution in [3.63, 3.8) is 0 Å². The lowest BCUT2D eigenvalue weighted by atomic mass is 9.83. The Morgan fingerprint density at radius 1 is 1.18 bits per heavy atom. The van der Waals surface area contributed by atoms with Crippen molar-refractivity contribution in [1.29, 1.82) is 0 Å². The first-order valence-electron chi connectivity index (χ1n) is 7.61. The number of hydrogen-bond donors (Lipinski definition) is 1. The predicted octanol–water partition coefficient (Wildman–Crippen LogP) is 2.74. The van der Waals surface area contributed by atoms with Crippen molar-refractivity contribution in [1.82, 2.24) is 10.2 Å². The molecule has 2 heterocycles. The maximum absolute atomic E-state index is 3.47. The lowest BCUT2D eigenvalue weighted by molar-refractivity contribution is 0.0815. The third-order valence-electron chi connectivity index (χ3n) is 4.95. The Labute approximate surface area is 107 Å². The predicted molar refractivity (Wildman–Crippen MR) is 74.2 cm³/mol. The summed E-state index contributed by atoms with van der Waals surface area (Å²) < 4.78 is 0. The van der Waals surface area contributed by atoms with Crippen molar-refractivity contribution >= 4 is 0 Å². The molecule has 17 heavy (non-hydrogen) atoms. The monoisotopic (exact) mass is 238 g/mol. The summed E-state index contributed by atoms with van der Waals surface area (Å²) in [6, 6.07) is 0.811. The van der Waals surface area contributed by atoms with Gasteiger partial charge in [0.15, 0.2) is 0 Å². The Bertz CT molecular complexity index is 221. The Kier molecular flexibility index (Phi) is 4.87. The molecule has 0 aliphatic carbocycles. The fraction of sp³-hybridized carbons (Fsp3) is 1.00. The van der Waals surface area contributed by atoms with E-state index in [0.29, 0.717) is 0 Å². The molecule has 0 aromatic rings. The number of hydrogen-bond acceptors (Lipinski definition) is 2. The minimum absolute atomic E-state index is 0.811. The van der Waals surface area contributed by atoms with Gasteiger partial charge in [0.05, 0.1) is 0 Å². The van der Waals surface area contributed by atoms with E-state index in [-0.39, 0.29) is 0 Å². The number of nitrogens with zero attached hydrogens (tertiary/aromatic N) is 1. The van der Waals surface area contributed by atoms with Crippen LogP contribution in [-0.2, 0) is 0 Å². The summed E-state index contributed by atoms with van der Waals surface area (Å²) in [6.07, 6.45) is 5.61. The maximum Gasteiger partial charge on any atom is 0.00697 e. The zero-order valence-corrected chi connectivity index (χ0v) is 11.9. The molecule has 2 nitrogen and oxygen atoms in total. The second-order valence-electron chi connectivity index (χ2n) is 6.57. The Balaban J connectivity index is 1.78. The van der Waals surface area contributed by atoms with E-state index in [4.69, 9.17) is 0 Å². The SMILES string of the molecule is CC(C)C1CCN(CC2CCNCC2)[C@@H](C)C1. The van der Waals surface area contributed by atoms with Crippen molar-refractivity contribution < 1.29 is 0 Å². The van der Waals surface area contributed by atoms with Gasteiger partial charge in [0.1, 0.15) is 0 Å². The first kappa shape index (κ1) is 13.4. The van der Waals surface area contributed by atoms with E-state index in [1.165, 1.54) is 51.9 Å². The minimum atomic E-state index is 0.811. The normalized spacial score (nSPS) is 33.2. The van der Waals surface area contributed by atoms with Crippen molar-refractivity contribution in [3.05, 3.63) is 0 Å². The molecule has 0 spiro atoms.